The fourth-order valence-electron chi connectivity index (χ4n) is 2.26. The van der Waals surface area contributed by atoms with Crippen LogP contribution in [0, 0.1) is 0 Å². The molecule has 25 heavy (non-hydrogen) atoms. The number of furan rings is 1. The summed E-state index contributed by atoms with van der Waals surface area (Å²) in [5.41, 5.74) is 0.904. The number of methoxy groups -OCH3 is 1. The van der Waals surface area contributed by atoms with Gasteiger partial charge in [0.25, 0.3) is 5.91 Å². The Hall–Kier alpha value is -3.22. The van der Waals surface area contributed by atoms with Crippen LogP contribution in [0.15, 0.2) is 53.1 Å². The summed E-state index contributed by atoms with van der Waals surface area (Å²) in [7, 11) is 3.42. The average molecular weight is 341 g/mol. The van der Waals surface area contributed by atoms with E-state index in [4.69, 9.17) is 13.9 Å². The zero-order valence-corrected chi connectivity index (χ0v) is 14.1. The van der Waals surface area contributed by atoms with Crippen molar-refractivity contribution in [2.75, 3.05) is 7.11 Å². The summed E-state index contributed by atoms with van der Waals surface area (Å²) in [6, 6.07) is 12.5. The molecule has 7 heteroatoms. The van der Waals surface area contributed by atoms with Crippen molar-refractivity contribution in [1.82, 2.24) is 15.1 Å². The largest absolute Gasteiger partial charge is 0.497 e. The van der Waals surface area contributed by atoms with Gasteiger partial charge in [-0.05, 0) is 30.3 Å². The van der Waals surface area contributed by atoms with Gasteiger partial charge in [-0.1, -0.05) is 6.07 Å². The molecule has 1 N–H and O–H groups in total. The zero-order valence-electron chi connectivity index (χ0n) is 14.1. The highest BCUT2D eigenvalue weighted by atomic mass is 16.5. The molecule has 1 amide bonds. The number of nitrogens with one attached hydrogen (secondary N) is 1. The summed E-state index contributed by atoms with van der Waals surface area (Å²) in [5, 5.41) is 6.85. The van der Waals surface area contributed by atoms with E-state index in [-0.39, 0.29) is 18.3 Å². The highest BCUT2D eigenvalue weighted by Gasteiger charge is 2.12. The summed E-state index contributed by atoms with van der Waals surface area (Å²) in [6.45, 7) is 0.605. The molecule has 2 aromatic heterocycles. The van der Waals surface area contributed by atoms with Crippen molar-refractivity contribution >= 4 is 5.91 Å². The van der Waals surface area contributed by atoms with Gasteiger partial charge in [0.05, 0.1) is 19.3 Å². The smallest absolute Gasteiger partial charge is 0.287 e. The van der Waals surface area contributed by atoms with Crippen LogP contribution in [0.5, 0.6) is 11.5 Å². The third-order valence-corrected chi connectivity index (χ3v) is 3.66. The number of benzene rings is 1. The fourth-order valence-corrected chi connectivity index (χ4v) is 2.26. The van der Waals surface area contributed by atoms with Gasteiger partial charge in [0.2, 0.25) is 0 Å². The minimum absolute atomic E-state index is 0.224. The standard InChI is InChI=1S/C18H19N3O4/c1-21-13(8-9-20-21)11-19-18(22)17-7-6-16(25-17)12-24-15-5-3-4-14(10-15)23-2/h3-10H,11-12H2,1-2H3,(H,19,22). The lowest BCUT2D eigenvalue weighted by atomic mass is 10.3. The lowest BCUT2D eigenvalue weighted by Gasteiger charge is -2.06. The van der Waals surface area contributed by atoms with E-state index in [2.05, 4.69) is 10.4 Å². The molecule has 0 fully saturated rings. The molecule has 1 aromatic carbocycles. The van der Waals surface area contributed by atoms with Crippen LogP contribution < -0.4 is 14.8 Å². The van der Waals surface area contributed by atoms with Crippen LogP contribution in [0.4, 0.5) is 0 Å². The molecular formula is C18H19N3O4. The third-order valence-electron chi connectivity index (χ3n) is 3.66. The van der Waals surface area contributed by atoms with Gasteiger partial charge in [0, 0.05) is 19.3 Å². The molecule has 0 spiro atoms. The van der Waals surface area contributed by atoms with E-state index in [1.165, 1.54) is 0 Å². The second-order valence-electron chi connectivity index (χ2n) is 5.36. The molecule has 0 bridgehead atoms. The molecule has 0 unspecified atom stereocenters. The van der Waals surface area contributed by atoms with Crippen molar-refractivity contribution in [3.63, 3.8) is 0 Å². The molecule has 3 rings (SSSR count). The summed E-state index contributed by atoms with van der Waals surface area (Å²) in [4.78, 5) is 12.1. The van der Waals surface area contributed by atoms with E-state index in [1.54, 1.807) is 36.2 Å². The van der Waals surface area contributed by atoms with Crippen molar-refractivity contribution in [1.29, 1.82) is 0 Å². The minimum atomic E-state index is -0.283. The van der Waals surface area contributed by atoms with E-state index in [0.29, 0.717) is 23.8 Å². The number of nitrogens with zero attached hydrogens (tertiary/aromatic N) is 2. The molecule has 3 aromatic rings. The number of ether oxygens (including phenoxy) is 2. The number of carbonyl (C=O) groups is 1. The molecular weight excluding hydrogens is 322 g/mol. The number of carbonyl (C=O) groups excluding carboxylic acids is 1. The van der Waals surface area contributed by atoms with Crippen LogP contribution in [0.1, 0.15) is 22.0 Å². The molecule has 0 aliphatic carbocycles. The van der Waals surface area contributed by atoms with Gasteiger partial charge in [0.1, 0.15) is 23.9 Å². The Bertz CT molecular complexity index is 853. The van der Waals surface area contributed by atoms with Crippen molar-refractivity contribution in [2.45, 2.75) is 13.2 Å². The Labute approximate surface area is 145 Å². The average Bonchev–Trinajstić information content (AvgIpc) is 3.27. The zero-order chi connectivity index (χ0) is 17.6. The first-order chi connectivity index (χ1) is 12.2. The van der Waals surface area contributed by atoms with E-state index >= 15 is 0 Å². The van der Waals surface area contributed by atoms with Crippen LogP contribution in [0.25, 0.3) is 0 Å². The predicted octanol–water partition coefficient (Wildman–Crippen LogP) is 2.53. The highest BCUT2D eigenvalue weighted by molar-refractivity contribution is 5.91. The number of aryl methyl sites for hydroxylation is 1. The number of hydrogen-bond acceptors (Lipinski definition) is 5. The fraction of sp³-hybridized carbons (Fsp3) is 0.222. The summed E-state index contributed by atoms with van der Waals surface area (Å²) in [6.07, 6.45) is 1.68. The number of hydrogen-bond donors (Lipinski definition) is 1. The van der Waals surface area contributed by atoms with Crippen molar-refractivity contribution in [2.24, 2.45) is 7.05 Å². The Kier molecular flexibility index (Phi) is 5.03. The van der Waals surface area contributed by atoms with Crippen LogP contribution >= 0.6 is 0 Å². The molecule has 0 aliphatic heterocycles. The molecule has 0 saturated heterocycles. The van der Waals surface area contributed by atoms with Gasteiger partial charge in [-0.15, -0.1) is 0 Å². The summed E-state index contributed by atoms with van der Waals surface area (Å²) < 4.78 is 18.0. The van der Waals surface area contributed by atoms with Crippen LogP contribution in [0.3, 0.4) is 0 Å². The van der Waals surface area contributed by atoms with Gasteiger partial charge in [-0.2, -0.15) is 5.10 Å². The Morgan fingerprint density at radius 1 is 1.24 bits per heavy atom. The number of aromatic nitrogens is 2. The highest BCUT2D eigenvalue weighted by Crippen LogP contribution is 2.20. The van der Waals surface area contributed by atoms with Gasteiger partial charge in [-0.25, -0.2) is 0 Å². The molecule has 0 saturated carbocycles. The molecule has 0 aliphatic rings. The lowest BCUT2D eigenvalue weighted by Crippen LogP contribution is -2.23. The Balaban J connectivity index is 1.54. The Morgan fingerprint density at radius 2 is 2.08 bits per heavy atom. The third kappa shape index (κ3) is 4.20. The molecule has 0 radical (unpaired) electrons. The number of amides is 1. The van der Waals surface area contributed by atoms with Gasteiger partial charge >= 0.3 is 0 Å². The normalized spacial score (nSPS) is 10.5. The monoisotopic (exact) mass is 341 g/mol. The topological polar surface area (TPSA) is 78.5 Å². The van der Waals surface area contributed by atoms with E-state index in [9.17, 15) is 4.79 Å². The van der Waals surface area contributed by atoms with E-state index in [1.807, 2.05) is 31.3 Å². The van der Waals surface area contributed by atoms with Gasteiger partial charge in [0.15, 0.2) is 5.76 Å². The van der Waals surface area contributed by atoms with Crippen LogP contribution in [-0.4, -0.2) is 22.8 Å². The maximum atomic E-state index is 12.1. The molecule has 0 atom stereocenters. The lowest BCUT2D eigenvalue weighted by molar-refractivity contribution is 0.0918. The SMILES string of the molecule is COc1cccc(OCc2ccc(C(=O)NCc3ccnn3C)o2)c1. The minimum Gasteiger partial charge on any atom is -0.497 e. The van der Waals surface area contributed by atoms with E-state index in [0.717, 1.165) is 5.69 Å². The first kappa shape index (κ1) is 16.6. The maximum absolute atomic E-state index is 12.1. The molecule has 7 nitrogen and oxygen atoms in total. The first-order valence-corrected chi connectivity index (χ1v) is 7.76. The molecule has 130 valence electrons. The second kappa shape index (κ2) is 7.57. The van der Waals surface area contributed by atoms with E-state index < -0.39 is 0 Å². The predicted molar refractivity (Wildman–Crippen MR) is 90.4 cm³/mol. The maximum Gasteiger partial charge on any atom is 0.287 e. The number of rotatable bonds is 7. The van der Waals surface area contributed by atoms with Crippen molar-refractivity contribution in [3.05, 3.63) is 65.9 Å². The summed E-state index contributed by atoms with van der Waals surface area (Å²) >= 11 is 0. The van der Waals surface area contributed by atoms with Gasteiger partial charge in [-0.3, -0.25) is 9.48 Å². The van der Waals surface area contributed by atoms with Crippen LogP contribution in [0.2, 0.25) is 0 Å². The second-order valence-corrected chi connectivity index (χ2v) is 5.36. The quantitative estimate of drug-likeness (QED) is 0.714. The summed E-state index contributed by atoms with van der Waals surface area (Å²) in [5.74, 6) is 1.90. The first-order valence-electron chi connectivity index (χ1n) is 7.76. The van der Waals surface area contributed by atoms with Crippen LogP contribution in [-0.2, 0) is 20.2 Å². The molecule has 2 heterocycles. The Morgan fingerprint density at radius 3 is 2.84 bits per heavy atom. The van der Waals surface area contributed by atoms with Gasteiger partial charge < -0.3 is 19.2 Å². The van der Waals surface area contributed by atoms with Crippen molar-refractivity contribution < 1.29 is 18.7 Å². The van der Waals surface area contributed by atoms with Crippen molar-refractivity contribution in [3.8, 4) is 11.5 Å².